The van der Waals surface area contributed by atoms with Crippen LogP contribution in [0.1, 0.15) is 42.7 Å². The van der Waals surface area contributed by atoms with Crippen LogP contribution in [0.3, 0.4) is 0 Å². The molecule has 19 heavy (non-hydrogen) atoms. The van der Waals surface area contributed by atoms with E-state index >= 15 is 0 Å². The number of hydrogen-bond donors (Lipinski definition) is 1. The lowest BCUT2D eigenvalue weighted by atomic mass is 10.0. The third kappa shape index (κ3) is 3.57. The third-order valence-electron chi connectivity index (χ3n) is 4.04. The number of aliphatic carboxylic acids is 1. The SMILES string of the molecule is O=C(O)CN(Cc1ccccc1C1CC1)CC1CC1. The molecule has 0 radical (unpaired) electrons. The minimum Gasteiger partial charge on any atom is -0.480 e. The van der Waals surface area contributed by atoms with Crippen molar-refractivity contribution in [2.24, 2.45) is 5.92 Å². The van der Waals surface area contributed by atoms with Gasteiger partial charge in [-0.1, -0.05) is 24.3 Å². The van der Waals surface area contributed by atoms with Crippen LogP contribution in [0, 0.1) is 5.92 Å². The Kier molecular flexibility index (Phi) is 3.56. The highest BCUT2D eigenvalue weighted by atomic mass is 16.4. The van der Waals surface area contributed by atoms with Gasteiger partial charge in [0.2, 0.25) is 0 Å². The highest BCUT2D eigenvalue weighted by Gasteiger charge is 2.28. The summed E-state index contributed by atoms with van der Waals surface area (Å²) in [4.78, 5) is 13.1. The predicted octanol–water partition coefficient (Wildman–Crippen LogP) is 2.86. The molecular weight excluding hydrogens is 238 g/mol. The van der Waals surface area contributed by atoms with E-state index < -0.39 is 5.97 Å². The van der Waals surface area contributed by atoms with E-state index in [0.29, 0.717) is 0 Å². The van der Waals surface area contributed by atoms with Crippen molar-refractivity contribution < 1.29 is 9.90 Å². The lowest BCUT2D eigenvalue weighted by Gasteiger charge is -2.21. The Morgan fingerprint density at radius 1 is 1.21 bits per heavy atom. The van der Waals surface area contributed by atoms with E-state index in [1.807, 2.05) is 0 Å². The molecule has 0 heterocycles. The number of carboxylic acids is 1. The van der Waals surface area contributed by atoms with E-state index in [1.165, 1.54) is 36.8 Å². The molecule has 0 spiro atoms. The zero-order chi connectivity index (χ0) is 13.2. The van der Waals surface area contributed by atoms with Gasteiger partial charge < -0.3 is 5.11 Å². The van der Waals surface area contributed by atoms with Crippen molar-refractivity contribution in [1.82, 2.24) is 4.90 Å². The largest absolute Gasteiger partial charge is 0.480 e. The first-order chi connectivity index (χ1) is 9.22. The number of nitrogens with zero attached hydrogens (tertiary/aromatic N) is 1. The topological polar surface area (TPSA) is 40.5 Å². The number of hydrogen-bond acceptors (Lipinski definition) is 2. The van der Waals surface area contributed by atoms with Gasteiger partial charge in [0.1, 0.15) is 0 Å². The van der Waals surface area contributed by atoms with Crippen LogP contribution in [0.4, 0.5) is 0 Å². The summed E-state index contributed by atoms with van der Waals surface area (Å²) in [5.74, 6) is 0.737. The normalized spacial score (nSPS) is 18.8. The lowest BCUT2D eigenvalue weighted by Crippen LogP contribution is -2.31. The van der Waals surface area contributed by atoms with E-state index in [9.17, 15) is 4.79 Å². The van der Waals surface area contributed by atoms with Gasteiger partial charge in [-0.3, -0.25) is 9.69 Å². The van der Waals surface area contributed by atoms with Crippen molar-refractivity contribution in [2.45, 2.75) is 38.1 Å². The molecule has 0 bridgehead atoms. The Labute approximate surface area is 114 Å². The maximum Gasteiger partial charge on any atom is 0.317 e. The summed E-state index contributed by atoms with van der Waals surface area (Å²) < 4.78 is 0. The lowest BCUT2D eigenvalue weighted by molar-refractivity contribution is -0.138. The molecule has 3 rings (SSSR count). The molecular formula is C16H21NO2. The molecule has 102 valence electrons. The molecule has 2 fully saturated rings. The molecule has 2 saturated carbocycles. The van der Waals surface area contributed by atoms with Crippen LogP contribution in [0.15, 0.2) is 24.3 Å². The molecule has 1 N–H and O–H groups in total. The fraction of sp³-hybridized carbons (Fsp3) is 0.562. The second kappa shape index (κ2) is 5.33. The maximum absolute atomic E-state index is 11.0. The van der Waals surface area contributed by atoms with Crippen LogP contribution in [-0.2, 0) is 11.3 Å². The van der Waals surface area contributed by atoms with Gasteiger partial charge in [-0.05, 0) is 48.6 Å². The molecule has 1 aromatic carbocycles. The van der Waals surface area contributed by atoms with Gasteiger partial charge in [-0.15, -0.1) is 0 Å². The first-order valence-corrected chi connectivity index (χ1v) is 7.24. The summed E-state index contributed by atoms with van der Waals surface area (Å²) in [6, 6.07) is 8.54. The Hall–Kier alpha value is -1.35. The number of benzene rings is 1. The number of carboxylic acid groups (broad SMARTS) is 1. The van der Waals surface area contributed by atoms with Gasteiger partial charge >= 0.3 is 5.97 Å². The Bertz CT molecular complexity index is 464. The van der Waals surface area contributed by atoms with Crippen LogP contribution >= 0.6 is 0 Å². The van der Waals surface area contributed by atoms with Crippen LogP contribution in [0.2, 0.25) is 0 Å². The van der Waals surface area contributed by atoms with Crippen molar-refractivity contribution in [1.29, 1.82) is 0 Å². The quantitative estimate of drug-likeness (QED) is 0.818. The number of carbonyl (C=O) groups is 1. The van der Waals surface area contributed by atoms with Crippen LogP contribution in [-0.4, -0.2) is 29.1 Å². The van der Waals surface area contributed by atoms with Gasteiger partial charge in [0, 0.05) is 13.1 Å². The van der Waals surface area contributed by atoms with E-state index in [2.05, 4.69) is 29.2 Å². The monoisotopic (exact) mass is 259 g/mol. The molecule has 3 heteroatoms. The zero-order valence-corrected chi connectivity index (χ0v) is 11.2. The third-order valence-corrected chi connectivity index (χ3v) is 4.04. The van der Waals surface area contributed by atoms with Crippen molar-refractivity contribution in [3.8, 4) is 0 Å². The smallest absolute Gasteiger partial charge is 0.317 e. The summed E-state index contributed by atoms with van der Waals surface area (Å²) in [6.45, 7) is 1.89. The fourth-order valence-corrected chi connectivity index (χ4v) is 2.75. The molecule has 0 aliphatic heterocycles. The van der Waals surface area contributed by atoms with Gasteiger partial charge in [0.15, 0.2) is 0 Å². The van der Waals surface area contributed by atoms with E-state index in [-0.39, 0.29) is 6.54 Å². The van der Waals surface area contributed by atoms with Crippen molar-refractivity contribution >= 4 is 5.97 Å². The molecule has 0 atom stereocenters. The van der Waals surface area contributed by atoms with Gasteiger partial charge in [-0.2, -0.15) is 0 Å². The summed E-state index contributed by atoms with van der Waals surface area (Å²) in [5, 5.41) is 9.04. The average molecular weight is 259 g/mol. The van der Waals surface area contributed by atoms with E-state index in [1.54, 1.807) is 0 Å². The van der Waals surface area contributed by atoms with E-state index in [4.69, 9.17) is 5.11 Å². The van der Waals surface area contributed by atoms with Crippen LogP contribution in [0.25, 0.3) is 0 Å². The predicted molar refractivity (Wildman–Crippen MR) is 74.1 cm³/mol. The molecule has 0 saturated heterocycles. The number of rotatable bonds is 7. The van der Waals surface area contributed by atoms with Crippen molar-refractivity contribution in [3.63, 3.8) is 0 Å². The molecule has 1 aromatic rings. The first kappa shape index (κ1) is 12.7. The molecule has 2 aliphatic carbocycles. The highest BCUT2D eigenvalue weighted by molar-refractivity contribution is 5.69. The van der Waals surface area contributed by atoms with Gasteiger partial charge in [-0.25, -0.2) is 0 Å². The first-order valence-electron chi connectivity index (χ1n) is 7.24. The maximum atomic E-state index is 11.0. The molecule has 3 nitrogen and oxygen atoms in total. The Morgan fingerprint density at radius 2 is 1.95 bits per heavy atom. The van der Waals surface area contributed by atoms with Crippen molar-refractivity contribution in [3.05, 3.63) is 35.4 Å². The molecule has 2 aliphatic rings. The summed E-state index contributed by atoms with van der Waals surface area (Å²) in [5.41, 5.74) is 2.76. The Morgan fingerprint density at radius 3 is 2.58 bits per heavy atom. The molecule has 0 aromatic heterocycles. The molecule has 0 unspecified atom stereocenters. The van der Waals surface area contributed by atoms with Gasteiger partial charge in [0.25, 0.3) is 0 Å². The van der Waals surface area contributed by atoms with E-state index in [0.717, 1.165) is 24.9 Å². The van der Waals surface area contributed by atoms with Crippen molar-refractivity contribution in [2.75, 3.05) is 13.1 Å². The zero-order valence-electron chi connectivity index (χ0n) is 11.2. The average Bonchev–Trinajstić information content (AvgIpc) is 3.23. The van der Waals surface area contributed by atoms with Crippen LogP contribution < -0.4 is 0 Å². The minimum atomic E-state index is -0.718. The molecule has 0 amide bonds. The summed E-state index contributed by atoms with van der Waals surface area (Å²) in [7, 11) is 0. The minimum absolute atomic E-state index is 0.162. The second-order valence-electron chi connectivity index (χ2n) is 5.98. The van der Waals surface area contributed by atoms with Crippen LogP contribution in [0.5, 0.6) is 0 Å². The standard InChI is InChI=1S/C16H21NO2/c18-16(19)11-17(9-12-5-6-12)10-14-3-1-2-4-15(14)13-7-8-13/h1-4,12-13H,5-11H2,(H,18,19). The second-order valence-corrected chi connectivity index (χ2v) is 5.98. The highest BCUT2D eigenvalue weighted by Crippen LogP contribution is 2.42. The Balaban J connectivity index is 1.70. The van der Waals surface area contributed by atoms with Gasteiger partial charge in [0.05, 0.1) is 6.54 Å². The summed E-state index contributed by atoms with van der Waals surface area (Å²) >= 11 is 0. The summed E-state index contributed by atoms with van der Waals surface area (Å²) in [6.07, 6.45) is 5.11. The fourth-order valence-electron chi connectivity index (χ4n) is 2.75.